The number of anilines is 3. The number of sulfone groups is 1. The topological polar surface area (TPSA) is 92.4 Å². The second kappa shape index (κ2) is 7.71. The van der Waals surface area contributed by atoms with Crippen molar-refractivity contribution in [2.45, 2.75) is 16.7 Å². The zero-order valence-electron chi connectivity index (χ0n) is 16.2. The van der Waals surface area contributed by atoms with Crippen molar-refractivity contribution in [2.24, 2.45) is 0 Å². The predicted molar refractivity (Wildman–Crippen MR) is 114 cm³/mol. The quantitative estimate of drug-likeness (QED) is 0.708. The molecule has 0 bridgehead atoms. The molecule has 0 unspecified atom stereocenters. The van der Waals surface area contributed by atoms with Gasteiger partial charge in [-0.3, -0.25) is 0 Å². The lowest BCUT2D eigenvalue weighted by atomic mass is 10.1. The number of nitrogens with two attached hydrogens (primary N) is 1. The first-order chi connectivity index (χ1) is 14.0. The lowest BCUT2D eigenvalue weighted by Gasteiger charge is -2.36. The van der Waals surface area contributed by atoms with E-state index in [9.17, 15) is 8.42 Å². The number of para-hydroxylation sites is 1. The molecular weight excluding hydrogens is 386 g/mol. The van der Waals surface area contributed by atoms with Gasteiger partial charge in [0.2, 0.25) is 15.8 Å². The summed E-state index contributed by atoms with van der Waals surface area (Å²) in [6, 6.07) is 16.5. The van der Waals surface area contributed by atoms with Gasteiger partial charge in [0.1, 0.15) is 10.7 Å². The van der Waals surface area contributed by atoms with E-state index >= 15 is 0 Å². The van der Waals surface area contributed by atoms with E-state index in [1.165, 1.54) is 29.6 Å². The highest BCUT2D eigenvalue weighted by Crippen LogP contribution is 2.26. The SMILES string of the molecule is Cc1ccccc1N1CCN(c2ncc(S(=O)(=O)c3ccccc3)c(N)n2)CC1. The number of hydrogen-bond donors (Lipinski definition) is 1. The minimum Gasteiger partial charge on any atom is -0.382 e. The molecule has 1 aliphatic rings. The molecule has 2 N–H and O–H groups in total. The molecule has 8 heteroatoms. The molecule has 1 fully saturated rings. The Morgan fingerprint density at radius 1 is 0.897 bits per heavy atom. The number of benzene rings is 2. The van der Waals surface area contributed by atoms with Crippen molar-refractivity contribution in [3.63, 3.8) is 0 Å². The van der Waals surface area contributed by atoms with Crippen molar-refractivity contribution >= 4 is 27.3 Å². The zero-order valence-corrected chi connectivity index (χ0v) is 17.0. The standard InChI is InChI=1S/C21H23N5O2S/c1-16-7-5-6-10-18(16)25-11-13-26(14-12-25)21-23-15-19(20(22)24-21)29(27,28)17-8-3-2-4-9-17/h2-10,15H,11-14H2,1H3,(H2,22,23,24). The van der Waals surface area contributed by atoms with E-state index in [0.717, 1.165) is 26.2 Å². The van der Waals surface area contributed by atoms with E-state index in [-0.39, 0.29) is 15.6 Å². The second-order valence-corrected chi connectivity index (χ2v) is 8.91. The van der Waals surface area contributed by atoms with Crippen LogP contribution in [0.3, 0.4) is 0 Å². The Morgan fingerprint density at radius 2 is 1.52 bits per heavy atom. The molecule has 0 spiro atoms. The van der Waals surface area contributed by atoms with Gasteiger partial charge in [-0.15, -0.1) is 0 Å². The van der Waals surface area contributed by atoms with Crippen molar-refractivity contribution in [1.29, 1.82) is 0 Å². The summed E-state index contributed by atoms with van der Waals surface area (Å²) in [5, 5.41) is 0. The van der Waals surface area contributed by atoms with Crippen molar-refractivity contribution in [2.75, 3.05) is 41.7 Å². The minimum atomic E-state index is -3.74. The lowest BCUT2D eigenvalue weighted by Crippen LogP contribution is -2.47. The van der Waals surface area contributed by atoms with Crippen molar-refractivity contribution in [3.05, 3.63) is 66.4 Å². The maximum absolute atomic E-state index is 12.8. The summed E-state index contributed by atoms with van der Waals surface area (Å²) in [5.41, 5.74) is 8.50. The van der Waals surface area contributed by atoms with E-state index in [1.807, 2.05) is 17.0 Å². The highest BCUT2D eigenvalue weighted by atomic mass is 32.2. The van der Waals surface area contributed by atoms with Crippen LogP contribution in [0.2, 0.25) is 0 Å². The first kappa shape index (κ1) is 19.2. The van der Waals surface area contributed by atoms with E-state index in [4.69, 9.17) is 5.73 Å². The normalized spacial score (nSPS) is 14.8. The number of hydrogen-bond acceptors (Lipinski definition) is 7. The predicted octanol–water partition coefficient (Wildman–Crippen LogP) is 2.53. The Balaban J connectivity index is 1.52. The molecule has 0 atom stereocenters. The monoisotopic (exact) mass is 409 g/mol. The van der Waals surface area contributed by atoms with Crippen LogP contribution in [0, 0.1) is 6.92 Å². The van der Waals surface area contributed by atoms with Gasteiger partial charge in [-0.05, 0) is 30.7 Å². The first-order valence-corrected chi connectivity index (χ1v) is 10.9. The molecule has 0 amide bonds. The largest absolute Gasteiger partial charge is 0.382 e. The average Bonchev–Trinajstić information content (AvgIpc) is 2.75. The maximum Gasteiger partial charge on any atom is 0.227 e. The third-order valence-electron chi connectivity index (χ3n) is 5.13. The fourth-order valence-electron chi connectivity index (χ4n) is 3.53. The molecule has 1 aliphatic heterocycles. The van der Waals surface area contributed by atoms with Crippen LogP contribution >= 0.6 is 0 Å². The third-order valence-corrected chi connectivity index (χ3v) is 6.92. The van der Waals surface area contributed by atoms with Gasteiger partial charge < -0.3 is 15.5 Å². The summed E-state index contributed by atoms with van der Waals surface area (Å²) in [4.78, 5) is 13.1. The Labute approximate surface area is 170 Å². The molecule has 1 saturated heterocycles. The molecule has 0 radical (unpaired) electrons. The van der Waals surface area contributed by atoms with Gasteiger partial charge in [0.25, 0.3) is 0 Å². The Kier molecular flexibility index (Phi) is 5.10. The summed E-state index contributed by atoms with van der Waals surface area (Å²) >= 11 is 0. The van der Waals surface area contributed by atoms with E-state index < -0.39 is 9.84 Å². The molecule has 150 valence electrons. The molecular formula is C21H23N5O2S. The summed E-state index contributed by atoms with van der Waals surface area (Å²) < 4.78 is 25.6. The molecule has 2 aromatic carbocycles. The molecule has 4 rings (SSSR count). The van der Waals surface area contributed by atoms with Crippen LogP contribution in [0.4, 0.5) is 17.5 Å². The highest BCUT2D eigenvalue weighted by Gasteiger charge is 2.25. The number of aromatic nitrogens is 2. The van der Waals surface area contributed by atoms with Gasteiger partial charge in [0, 0.05) is 31.9 Å². The number of piperazine rings is 1. The fraction of sp³-hybridized carbons (Fsp3) is 0.238. The van der Waals surface area contributed by atoms with E-state index in [1.54, 1.807) is 18.2 Å². The molecule has 29 heavy (non-hydrogen) atoms. The first-order valence-electron chi connectivity index (χ1n) is 9.45. The second-order valence-electron chi connectivity index (χ2n) is 7.00. The van der Waals surface area contributed by atoms with Crippen LogP contribution in [0.15, 0.2) is 70.6 Å². The number of aryl methyl sites for hydroxylation is 1. The molecule has 3 aromatic rings. The Morgan fingerprint density at radius 3 is 2.17 bits per heavy atom. The van der Waals surface area contributed by atoms with Crippen LogP contribution in [-0.4, -0.2) is 44.6 Å². The van der Waals surface area contributed by atoms with Crippen LogP contribution < -0.4 is 15.5 Å². The van der Waals surface area contributed by atoms with Crippen molar-refractivity contribution in [3.8, 4) is 0 Å². The summed E-state index contributed by atoms with van der Waals surface area (Å²) in [7, 11) is -3.74. The summed E-state index contributed by atoms with van der Waals surface area (Å²) in [5.74, 6) is 0.430. The number of nitrogen functional groups attached to an aromatic ring is 1. The smallest absolute Gasteiger partial charge is 0.227 e. The van der Waals surface area contributed by atoms with E-state index in [2.05, 4.69) is 33.9 Å². The van der Waals surface area contributed by atoms with Crippen LogP contribution in [-0.2, 0) is 9.84 Å². The van der Waals surface area contributed by atoms with Crippen LogP contribution in [0.1, 0.15) is 5.56 Å². The van der Waals surface area contributed by atoms with Gasteiger partial charge in [-0.1, -0.05) is 36.4 Å². The summed E-state index contributed by atoms with van der Waals surface area (Å²) in [6.07, 6.45) is 1.31. The Bertz CT molecular complexity index is 1110. The van der Waals surface area contributed by atoms with E-state index in [0.29, 0.717) is 5.95 Å². The van der Waals surface area contributed by atoms with Gasteiger partial charge in [0.15, 0.2) is 0 Å². The third kappa shape index (κ3) is 3.75. The van der Waals surface area contributed by atoms with Gasteiger partial charge >= 0.3 is 0 Å². The number of nitrogens with zero attached hydrogens (tertiary/aromatic N) is 4. The van der Waals surface area contributed by atoms with Gasteiger partial charge in [0.05, 0.1) is 11.1 Å². The molecule has 0 saturated carbocycles. The Hall–Kier alpha value is -3.13. The highest BCUT2D eigenvalue weighted by molar-refractivity contribution is 7.91. The number of rotatable bonds is 4. The summed E-state index contributed by atoms with van der Waals surface area (Å²) in [6.45, 7) is 5.24. The van der Waals surface area contributed by atoms with Crippen LogP contribution in [0.25, 0.3) is 0 Å². The fourth-order valence-corrected chi connectivity index (χ4v) is 4.81. The average molecular weight is 410 g/mol. The maximum atomic E-state index is 12.8. The van der Waals surface area contributed by atoms with Gasteiger partial charge in [-0.2, -0.15) is 4.98 Å². The lowest BCUT2D eigenvalue weighted by molar-refractivity contribution is 0.595. The van der Waals surface area contributed by atoms with Crippen LogP contribution in [0.5, 0.6) is 0 Å². The van der Waals surface area contributed by atoms with Crippen molar-refractivity contribution < 1.29 is 8.42 Å². The molecule has 0 aliphatic carbocycles. The zero-order chi connectivity index (χ0) is 20.4. The molecule has 7 nitrogen and oxygen atoms in total. The minimum absolute atomic E-state index is 0.0276. The molecule has 1 aromatic heterocycles. The molecule has 2 heterocycles. The van der Waals surface area contributed by atoms with Gasteiger partial charge in [-0.25, -0.2) is 13.4 Å². The van der Waals surface area contributed by atoms with Crippen molar-refractivity contribution in [1.82, 2.24) is 9.97 Å².